The molecule has 4 saturated carbocycles. The highest BCUT2D eigenvalue weighted by Crippen LogP contribution is 2.76. The summed E-state index contributed by atoms with van der Waals surface area (Å²) in [7, 11) is 1.76. The van der Waals surface area contributed by atoms with Crippen molar-refractivity contribution in [2.75, 3.05) is 26.7 Å². The number of likely N-dealkylation sites (tertiary alicyclic amines) is 1. The van der Waals surface area contributed by atoms with Crippen molar-refractivity contribution in [3.63, 3.8) is 0 Å². The van der Waals surface area contributed by atoms with E-state index in [1.165, 1.54) is 36.4 Å². The number of aromatic nitrogens is 2. The highest BCUT2D eigenvalue weighted by atomic mass is 16.6. The summed E-state index contributed by atoms with van der Waals surface area (Å²) in [6.07, 6.45) is 9.80. The van der Waals surface area contributed by atoms with Gasteiger partial charge in [-0.15, -0.1) is 0 Å². The van der Waals surface area contributed by atoms with Gasteiger partial charge < -0.3 is 25.6 Å². The van der Waals surface area contributed by atoms with Crippen LogP contribution in [0.4, 0.5) is 0 Å². The van der Waals surface area contributed by atoms with Crippen LogP contribution in [0.1, 0.15) is 70.6 Å². The summed E-state index contributed by atoms with van der Waals surface area (Å²) in [5.74, 6) is 0.348. The molecular formula is C30H35N5O5. The Morgan fingerprint density at radius 2 is 2.00 bits per heavy atom. The fourth-order valence-electron chi connectivity index (χ4n) is 9.77. The lowest BCUT2D eigenvalue weighted by Crippen LogP contribution is -2.81. The number of amides is 2. The number of carbonyl (C=O) groups excluding carboxylic acids is 2. The van der Waals surface area contributed by atoms with Crippen LogP contribution in [0.2, 0.25) is 0 Å². The Labute approximate surface area is 232 Å². The van der Waals surface area contributed by atoms with Crippen molar-refractivity contribution in [3.05, 3.63) is 47.0 Å². The number of hydrogen-bond donors (Lipinski definition) is 3. The lowest BCUT2D eigenvalue weighted by Gasteiger charge is -2.74. The van der Waals surface area contributed by atoms with Gasteiger partial charge in [0.15, 0.2) is 22.9 Å². The van der Waals surface area contributed by atoms with Gasteiger partial charge in [0.1, 0.15) is 11.7 Å². The molecule has 3 unspecified atom stereocenters. The number of phenols is 1. The molecule has 40 heavy (non-hydrogen) atoms. The summed E-state index contributed by atoms with van der Waals surface area (Å²) in [5, 5.41) is 14.0. The molecule has 4 bridgehead atoms. The van der Waals surface area contributed by atoms with Crippen LogP contribution < -0.4 is 15.8 Å². The minimum absolute atomic E-state index is 0.0246. The zero-order chi connectivity index (χ0) is 27.4. The predicted octanol–water partition coefficient (Wildman–Crippen LogP) is 1.94. The van der Waals surface area contributed by atoms with Crippen LogP contribution in [0.5, 0.6) is 11.5 Å². The third kappa shape index (κ3) is 2.91. The number of carbonyl (C=O) groups is 2. The standard InChI is InChI=1S/C30H35N5O5/c1-39-30-7-6-28(13-18(30)14-34-26(38)23-22(25(31)37)32-9-10-33-23)20-12-17-4-5-19(36)24-21(17)29(28,27(30)40-24)8-11-35(20)15-16-2-3-16/h4-5,9-10,16,18,20,27,36H,2-3,6-8,11-15H2,1H3,(H2,31,37)(H,34,38)/t18?,20-,27?,28-,29+,30?/m1/s1. The SMILES string of the molecule is COC12CC[C@@]3(CC1CNC(=O)c1nccnc1C(N)=O)[C@H]1Cc4ccc(O)c5c4[C@@]3(CCN1CC1CC1)C2O5. The molecule has 7 aliphatic rings. The number of methoxy groups -OCH3 is 1. The largest absolute Gasteiger partial charge is 0.504 e. The summed E-state index contributed by atoms with van der Waals surface area (Å²) >= 11 is 0. The fraction of sp³-hybridized carbons (Fsp3) is 0.600. The third-order valence-electron chi connectivity index (χ3n) is 11.5. The Balaban J connectivity index is 1.20. The van der Waals surface area contributed by atoms with Crippen molar-refractivity contribution in [2.24, 2.45) is 23.0 Å². The van der Waals surface area contributed by atoms with E-state index in [0.717, 1.165) is 51.1 Å². The first kappa shape index (κ1) is 24.5. The zero-order valence-corrected chi connectivity index (χ0v) is 22.7. The molecule has 3 heterocycles. The van der Waals surface area contributed by atoms with Crippen LogP contribution in [0.3, 0.4) is 0 Å². The second-order valence-corrected chi connectivity index (χ2v) is 12.9. The van der Waals surface area contributed by atoms with Gasteiger partial charge >= 0.3 is 0 Å². The maximum atomic E-state index is 13.3. The smallest absolute Gasteiger partial charge is 0.272 e. The molecule has 5 fully saturated rings. The summed E-state index contributed by atoms with van der Waals surface area (Å²) in [6, 6.07) is 4.28. The fourth-order valence-corrected chi connectivity index (χ4v) is 9.77. The summed E-state index contributed by atoms with van der Waals surface area (Å²) < 4.78 is 13.3. The number of ether oxygens (including phenoxy) is 2. The van der Waals surface area contributed by atoms with Gasteiger partial charge in [-0.1, -0.05) is 6.07 Å². The first-order valence-corrected chi connectivity index (χ1v) is 14.5. The average molecular weight is 546 g/mol. The van der Waals surface area contributed by atoms with E-state index >= 15 is 0 Å². The number of benzene rings is 1. The lowest BCUT2D eigenvalue weighted by atomic mass is 9.35. The van der Waals surface area contributed by atoms with Gasteiger partial charge in [-0.25, -0.2) is 9.97 Å². The Morgan fingerprint density at radius 1 is 1.20 bits per heavy atom. The maximum absolute atomic E-state index is 13.3. The number of rotatable bonds is 7. The normalized spacial score (nSPS) is 36.6. The summed E-state index contributed by atoms with van der Waals surface area (Å²) in [4.78, 5) is 36.0. The number of nitrogens with two attached hydrogens (primary N) is 1. The second kappa shape index (κ2) is 8.16. The quantitative estimate of drug-likeness (QED) is 0.480. The van der Waals surface area contributed by atoms with Crippen molar-refractivity contribution >= 4 is 11.8 Å². The molecule has 2 aliphatic heterocycles. The van der Waals surface area contributed by atoms with Crippen LogP contribution in [-0.2, 0) is 16.6 Å². The molecule has 5 aliphatic carbocycles. The molecule has 2 aromatic rings. The van der Waals surface area contributed by atoms with Gasteiger partial charge in [0, 0.05) is 60.9 Å². The third-order valence-corrected chi connectivity index (χ3v) is 11.5. The molecule has 1 saturated heterocycles. The van der Waals surface area contributed by atoms with Crippen molar-refractivity contribution < 1.29 is 24.2 Å². The molecule has 2 amide bonds. The molecule has 1 aromatic heterocycles. The summed E-state index contributed by atoms with van der Waals surface area (Å²) in [5.41, 5.74) is 6.87. The Morgan fingerprint density at radius 3 is 2.75 bits per heavy atom. The number of hydrogen-bond acceptors (Lipinski definition) is 8. The topological polar surface area (TPSA) is 140 Å². The molecule has 10 heteroatoms. The monoisotopic (exact) mass is 545 g/mol. The van der Waals surface area contributed by atoms with Crippen LogP contribution >= 0.6 is 0 Å². The van der Waals surface area contributed by atoms with E-state index in [0.29, 0.717) is 18.3 Å². The maximum Gasteiger partial charge on any atom is 0.272 e. The molecule has 9 rings (SSSR count). The number of fused-ring (bicyclic) bond motifs is 2. The predicted molar refractivity (Wildman–Crippen MR) is 143 cm³/mol. The van der Waals surface area contributed by atoms with Crippen molar-refractivity contribution in [1.29, 1.82) is 0 Å². The van der Waals surface area contributed by atoms with Gasteiger partial charge in [-0.2, -0.15) is 0 Å². The number of aromatic hydroxyl groups is 1. The highest BCUT2D eigenvalue weighted by molar-refractivity contribution is 6.03. The number of piperidine rings is 1. The minimum atomic E-state index is -0.789. The van der Waals surface area contributed by atoms with Gasteiger partial charge in [0.05, 0.1) is 0 Å². The molecule has 2 spiro atoms. The van der Waals surface area contributed by atoms with Crippen LogP contribution in [0.25, 0.3) is 0 Å². The van der Waals surface area contributed by atoms with Crippen molar-refractivity contribution in [3.8, 4) is 11.5 Å². The van der Waals surface area contributed by atoms with E-state index in [2.05, 4.69) is 26.3 Å². The molecule has 0 radical (unpaired) electrons. The number of nitrogens with one attached hydrogen (secondary N) is 1. The second-order valence-electron chi connectivity index (χ2n) is 12.9. The van der Waals surface area contributed by atoms with Crippen LogP contribution in [-0.4, -0.2) is 76.3 Å². The van der Waals surface area contributed by atoms with E-state index in [4.69, 9.17) is 15.2 Å². The van der Waals surface area contributed by atoms with Gasteiger partial charge in [-0.3, -0.25) is 14.5 Å². The minimum Gasteiger partial charge on any atom is -0.504 e. The van der Waals surface area contributed by atoms with Crippen LogP contribution in [0.15, 0.2) is 24.5 Å². The van der Waals surface area contributed by atoms with E-state index in [9.17, 15) is 14.7 Å². The van der Waals surface area contributed by atoms with E-state index in [1.807, 2.05) is 0 Å². The number of nitrogens with zero attached hydrogens (tertiary/aromatic N) is 3. The molecular weight excluding hydrogens is 510 g/mol. The molecule has 4 N–H and O–H groups in total. The van der Waals surface area contributed by atoms with E-state index in [1.54, 1.807) is 13.2 Å². The Hall–Kier alpha value is -3.24. The zero-order valence-electron chi connectivity index (χ0n) is 22.7. The summed E-state index contributed by atoms with van der Waals surface area (Å²) in [6.45, 7) is 2.53. The number of primary amides is 1. The van der Waals surface area contributed by atoms with E-state index in [-0.39, 0.29) is 40.0 Å². The first-order chi connectivity index (χ1) is 19.3. The molecule has 10 nitrogen and oxygen atoms in total. The van der Waals surface area contributed by atoms with E-state index < -0.39 is 17.4 Å². The Bertz CT molecular complexity index is 1450. The lowest BCUT2D eigenvalue weighted by molar-refractivity contribution is -0.275. The van der Waals surface area contributed by atoms with Gasteiger partial charge in [0.2, 0.25) is 0 Å². The highest BCUT2D eigenvalue weighted by Gasteiger charge is 2.80. The van der Waals surface area contributed by atoms with Crippen molar-refractivity contribution in [2.45, 2.75) is 68.1 Å². The van der Waals surface area contributed by atoms with Crippen LogP contribution in [0, 0.1) is 17.3 Å². The van der Waals surface area contributed by atoms with Crippen molar-refractivity contribution in [1.82, 2.24) is 20.2 Å². The molecule has 210 valence electrons. The van der Waals surface area contributed by atoms with Gasteiger partial charge in [0.25, 0.3) is 11.8 Å². The Kier molecular flexibility index (Phi) is 5.01. The van der Waals surface area contributed by atoms with Gasteiger partial charge in [-0.05, 0) is 69.0 Å². The average Bonchev–Trinajstić information content (AvgIpc) is 3.71. The number of phenolic OH excluding ortho intramolecular Hbond substituents is 1. The molecule has 1 aromatic carbocycles. The first-order valence-electron chi connectivity index (χ1n) is 14.5. The molecule has 6 atom stereocenters.